The molecular weight excluding hydrogens is 531 g/mol. The molecule has 3 heterocycles. The molecule has 1 aliphatic rings. The molecule has 2 aromatic heterocycles. The lowest BCUT2D eigenvalue weighted by molar-refractivity contribution is -0.138. The maximum absolute atomic E-state index is 14.4. The minimum absolute atomic E-state index is 0.0240. The molecule has 1 atom stereocenters. The lowest BCUT2D eigenvalue weighted by Gasteiger charge is -2.34. The fraction of sp³-hybridized carbons (Fsp3) is 0.250. The van der Waals surface area contributed by atoms with Gasteiger partial charge in [-0.05, 0) is 35.9 Å². The van der Waals surface area contributed by atoms with Crippen LogP contribution in [0.25, 0.3) is 22.0 Å². The Morgan fingerprint density at radius 3 is 2.41 bits per heavy atom. The van der Waals surface area contributed by atoms with Crippen LogP contribution in [0.1, 0.15) is 11.6 Å². The number of benzene rings is 2. The quantitative estimate of drug-likeness (QED) is 0.288. The van der Waals surface area contributed by atoms with Crippen molar-refractivity contribution in [2.24, 2.45) is 0 Å². The molecule has 1 aliphatic heterocycles. The monoisotopic (exact) mass is 555 g/mol. The van der Waals surface area contributed by atoms with Gasteiger partial charge in [-0.25, -0.2) is 18.2 Å². The third-order valence-electron chi connectivity index (χ3n) is 6.75. The molecule has 1 unspecified atom stereocenters. The summed E-state index contributed by atoms with van der Waals surface area (Å²) in [5, 5.41) is 12.4. The first-order chi connectivity index (χ1) is 18.8. The molecule has 0 bridgehead atoms. The van der Waals surface area contributed by atoms with Crippen molar-refractivity contribution < 1.29 is 23.1 Å². The predicted molar refractivity (Wildman–Crippen MR) is 145 cm³/mol. The number of aromatic nitrogens is 2. The number of nitrogens with zero attached hydrogens (tertiary/aromatic N) is 4. The first-order valence-electron chi connectivity index (χ1n) is 12.3. The highest BCUT2D eigenvalue weighted by Gasteiger charge is 2.27. The molecule has 2 N–H and O–H groups in total. The Bertz CT molecular complexity index is 1480. The summed E-state index contributed by atoms with van der Waals surface area (Å²) in [6.45, 7) is 2.63. The van der Waals surface area contributed by atoms with Gasteiger partial charge in [-0.1, -0.05) is 35.9 Å². The van der Waals surface area contributed by atoms with Crippen molar-refractivity contribution in [3.05, 3.63) is 83.4 Å². The molecule has 0 radical (unpaired) electrons. The summed E-state index contributed by atoms with van der Waals surface area (Å²) < 4.78 is 42.5. The van der Waals surface area contributed by atoms with Gasteiger partial charge in [0, 0.05) is 55.1 Å². The number of halogens is 4. The third-order valence-corrected chi connectivity index (χ3v) is 7.04. The zero-order chi connectivity index (χ0) is 27.5. The number of alkyl halides is 2. The standard InChI is InChI=1S/C28H25ClF3N5O2/c29-21-15-33-23-7-5-17(13-20(23)26(21)35-27(28(31)32)19-3-1-2-4-22(19)30)18-6-8-24(34-14-18)37-11-9-36(10-12-37)16-25(38)39/h1-8,13-15,27-28H,9-12,16H2,(H,33,35)(H,38,39). The molecule has 4 aromatic rings. The van der Waals surface area contributed by atoms with Crippen LogP contribution in [-0.2, 0) is 4.79 Å². The number of carbonyl (C=O) groups is 1. The molecule has 202 valence electrons. The van der Waals surface area contributed by atoms with Gasteiger partial charge in [0.15, 0.2) is 0 Å². The predicted octanol–water partition coefficient (Wildman–Crippen LogP) is 5.71. The van der Waals surface area contributed by atoms with Crippen molar-refractivity contribution >= 4 is 40.0 Å². The van der Waals surface area contributed by atoms with Crippen LogP contribution in [0.2, 0.25) is 5.02 Å². The van der Waals surface area contributed by atoms with Crippen molar-refractivity contribution in [3.63, 3.8) is 0 Å². The second-order valence-electron chi connectivity index (χ2n) is 9.25. The number of nitrogens with one attached hydrogen (secondary N) is 1. The molecule has 0 saturated carbocycles. The molecule has 7 nitrogen and oxygen atoms in total. The van der Waals surface area contributed by atoms with Crippen LogP contribution in [0.5, 0.6) is 0 Å². The number of hydrogen-bond acceptors (Lipinski definition) is 6. The molecular formula is C28H25ClF3N5O2. The molecule has 11 heteroatoms. The fourth-order valence-electron chi connectivity index (χ4n) is 4.72. The van der Waals surface area contributed by atoms with Crippen LogP contribution >= 0.6 is 11.6 Å². The lowest BCUT2D eigenvalue weighted by atomic mass is 10.0. The van der Waals surface area contributed by atoms with E-state index < -0.39 is 24.3 Å². The normalized spacial score (nSPS) is 15.1. The molecule has 0 spiro atoms. The summed E-state index contributed by atoms with van der Waals surface area (Å²) in [4.78, 5) is 23.8. The molecule has 39 heavy (non-hydrogen) atoms. The molecule has 1 saturated heterocycles. The first-order valence-corrected chi connectivity index (χ1v) is 12.7. The van der Waals surface area contributed by atoms with E-state index in [9.17, 15) is 18.0 Å². The van der Waals surface area contributed by atoms with E-state index in [0.29, 0.717) is 37.1 Å². The smallest absolute Gasteiger partial charge is 0.317 e. The highest BCUT2D eigenvalue weighted by atomic mass is 35.5. The van der Waals surface area contributed by atoms with Gasteiger partial charge in [-0.2, -0.15) is 0 Å². The summed E-state index contributed by atoms with van der Waals surface area (Å²) in [5.74, 6) is -0.792. The number of pyridine rings is 2. The van der Waals surface area contributed by atoms with E-state index in [4.69, 9.17) is 16.7 Å². The summed E-state index contributed by atoms with van der Waals surface area (Å²) in [5.41, 5.74) is 2.19. The SMILES string of the molecule is O=C(O)CN1CCN(c2ccc(-c3ccc4ncc(Cl)c(NC(c5ccccc5F)C(F)F)c4c3)cn2)CC1. The number of fused-ring (bicyclic) bond motifs is 1. The van der Waals surface area contributed by atoms with E-state index in [1.807, 2.05) is 23.1 Å². The van der Waals surface area contributed by atoms with Crippen LogP contribution in [0, 0.1) is 5.82 Å². The van der Waals surface area contributed by atoms with Gasteiger partial charge in [0.2, 0.25) is 0 Å². The number of carboxylic acids is 1. The van der Waals surface area contributed by atoms with Gasteiger partial charge in [-0.15, -0.1) is 0 Å². The van der Waals surface area contributed by atoms with E-state index in [2.05, 4.69) is 20.2 Å². The van der Waals surface area contributed by atoms with Crippen molar-refractivity contribution in [3.8, 4) is 11.1 Å². The molecule has 0 amide bonds. The van der Waals surface area contributed by atoms with Crippen molar-refractivity contribution in [2.45, 2.75) is 12.5 Å². The Balaban J connectivity index is 1.41. The Morgan fingerprint density at radius 1 is 1.00 bits per heavy atom. The van der Waals surface area contributed by atoms with E-state index in [-0.39, 0.29) is 22.8 Å². The third kappa shape index (κ3) is 5.91. The van der Waals surface area contributed by atoms with Crippen LogP contribution < -0.4 is 10.2 Å². The van der Waals surface area contributed by atoms with Gasteiger partial charge in [-0.3, -0.25) is 14.7 Å². The van der Waals surface area contributed by atoms with Crippen molar-refractivity contribution in [1.82, 2.24) is 14.9 Å². The van der Waals surface area contributed by atoms with Crippen LogP contribution in [-0.4, -0.2) is 65.1 Å². The number of anilines is 2. The largest absolute Gasteiger partial charge is 0.480 e. The van der Waals surface area contributed by atoms with E-state index in [1.165, 1.54) is 24.4 Å². The summed E-state index contributed by atoms with van der Waals surface area (Å²) >= 11 is 6.40. The Hall–Kier alpha value is -3.89. The van der Waals surface area contributed by atoms with Crippen molar-refractivity contribution in [2.75, 3.05) is 42.9 Å². The Kier molecular flexibility index (Phi) is 7.85. The van der Waals surface area contributed by atoms with Crippen LogP contribution in [0.3, 0.4) is 0 Å². The number of hydrogen-bond donors (Lipinski definition) is 2. The highest BCUT2D eigenvalue weighted by molar-refractivity contribution is 6.34. The molecule has 1 fully saturated rings. The highest BCUT2D eigenvalue weighted by Crippen LogP contribution is 2.37. The number of rotatable bonds is 8. The lowest BCUT2D eigenvalue weighted by Crippen LogP contribution is -2.48. The second-order valence-corrected chi connectivity index (χ2v) is 9.66. The van der Waals surface area contributed by atoms with Gasteiger partial charge >= 0.3 is 5.97 Å². The number of piperazine rings is 1. The first kappa shape index (κ1) is 26.7. The zero-order valence-corrected chi connectivity index (χ0v) is 21.5. The average molecular weight is 556 g/mol. The number of aliphatic carboxylic acids is 1. The zero-order valence-electron chi connectivity index (χ0n) is 20.7. The molecule has 0 aliphatic carbocycles. The van der Waals surface area contributed by atoms with Gasteiger partial charge in [0.05, 0.1) is 22.8 Å². The molecule has 5 rings (SSSR count). The maximum atomic E-state index is 14.4. The van der Waals surface area contributed by atoms with Gasteiger partial charge in [0.25, 0.3) is 6.43 Å². The topological polar surface area (TPSA) is 81.6 Å². The number of carboxylic acid groups (broad SMARTS) is 1. The van der Waals surface area contributed by atoms with E-state index in [1.54, 1.807) is 18.3 Å². The summed E-state index contributed by atoms with van der Waals surface area (Å²) in [6.07, 6.45) is 0.210. The summed E-state index contributed by atoms with van der Waals surface area (Å²) in [7, 11) is 0. The molecule has 2 aromatic carbocycles. The minimum Gasteiger partial charge on any atom is -0.480 e. The van der Waals surface area contributed by atoms with Crippen LogP contribution in [0.15, 0.2) is 67.0 Å². The van der Waals surface area contributed by atoms with E-state index in [0.717, 1.165) is 23.0 Å². The fourth-order valence-corrected chi connectivity index (χ4v) is 4.93. The van der Waals surface area contributed by atoms with E-state index >= 15 is 0 Å². The van der Waals surface area contributed by atoms with Gasteiger partial charge < -0.3 is 15.3 Å². The summed E-state index contributed by atoms with van der Waals surface area (Å²) in [6, 6.07) is 13.0. The maximum Gasteiger partial charge on any atom is 0.317 e. The van der Waals surface area contributed by atoms with Crippen LogP contribution in [0.4, 0.5) is 24.7 Å². The van der Waals surface area contributed by atoms with Gasteiger partial charge in [0.1, 0.15) is 17.7 Å². The second kappa shape index (κ2) is 11.5. The Morgan fingerprint density at radius 2 is 1.74 bits per heavy atom. The minimum atomic E-state index is -2.90. The van der Waals surface area contributed by atoms with Crippen molar-refractivity contribution in [1.29, 1.82) is 0 Å². The Labute approximate surface area is 227 Å². The average Bonchev–Trinajstić information content (AvgIpc) is 2.93.